The predicted molar refractivity (Wildman–Crippen MR) is 89.8 cm³/mol. The Morgan fingerprint density at radius 2 is 1.77 bits per heavy atom. The van der Waals surface area contributed by atoms with E-state index in [9.17, 15) is 4.79 Å². The second-order valence-corrected chi connectivity index (χ2v) is 5.73. The zero-order valence-electron chi connectivity index (χ0n) is 12.2. The first-order valence-corrected chi connectivity index (χ1v) is 7.59. The van der Waals surface area contributed by atoms with Gasteiger partial charge in [0, 0.05) is 34.2 Å². The second kappa shape index (κ2) is 7.42. The van der Waals surface area contributed by atoms with Crippen LogP contribution < -0.4 is 10.6 Å². The van der Waals surface area contributed by atoms with Gasteiger partial charge in [-0.3, -0.25) is 4.79 Å². The van der Waals surface area contributed by atoms with Gasteiger partial charge in [0.15, 0.2) is 0 Å². The lowest BCUT2D eigenvalue weighted by Crippen LogP contribution is -2.17. The summed E-state index contributed by atoms with van der Waals surface area (Å²) in [6, 6.07) is 5.10. The fourth-order valence-corrected chi connectivity index (χ4v) is 2.20. The largest absolute Gasteiger partial charge is 0.352 e. The highest BCUT2D eigenvalue weighted by atomic mass is 35.5. The normalized spacial score (nSPS) is 11.8. The molecule has 0 aliphatic carbocycles. The number of carbonyl (C=O) groups is 1. The maximum Gasteiger partial charge on any atom is 0.258 e. The Morgan fingerprint density at radius 3 is 2.32 bits per heavy atom. The number of rotatable bonds is 5. The third-order valence-electron chi connectivity index (χ3n) is 3.02. The van der Waals surface area contributed by atoms with E-state index in [0.29, 0.717) is 27.2 Å². The Bertz CT molecular complexity index is 641. The molecule has 1 aromatic heterocycles. The van der Waals surface area contributed by atoms with Crippen molar-refractivity contribution in [2.24, 2.45) is 0 Å². The van der Waals surface area contributed by atoms with Gasteiger partial charge in [-0.25, -0.2) is 9.97 Å². The van der Waals surface area contributed by atoms with E-state index >= 15 is 0 Å². The molecule has 22 heavy (non-hydrogen) atoms. The summed E-state index contributed by atoms with van der Waals surface area (Å²) in [5, 5.41) is 6.74. The van der Waals surface area contributed by atoms with Crippen LogP contribution in [0.1, 0.15) is 30.6 Å². The molecule has 5 nitrogen and oxygen atoms in total. The van der Waals surface area contributed by atoms with E-state index in [2.05, 4.69) is 27.5 Å². The number of hydrogen-bond acceptors (Lipinski definition) is 4. The quantitative estimate of drug-likeness (QED) is 0.855. The number of nitrogens with one attached hydrogen (secondary N) is 2. The number of carbonyl (C=O) groups excluding carboxylic acids is 1. The molecule has 116 valence electrons. The van der Waals surface area contributed by atoms with Gasteiger partial charge in [-0.05, 0) is 31.5 Å². The Balaban J connectivity index is 2.06. The molecule has 0 radical (unpaired) electrons. The smallest absolute Gasteiger partial charge is 0.258 e. The first kappa shape index (κ1) is 16.5. The maximum atomic E-state index is 12.1. The standard InChI is InChI=1S/C15H16Cl2N4O/c1-3-9(2)20-15-18-7-10(8-19-15)14(22)21-13-5-11(16)4-12(17)6-13/h4-9H,3H2,1-2H3,(H,21,22)(H,18,19,20). The highest BCUT2D eigenvalue weighted by Crippen LogP contribution is 2.22. The zero-order valence-corrected chi connectivity index (χ0v) is 13.7. The SMILES string of the molecule is CCC(C)Nc1ncc(C(=O)Nc2cc(Cl)cc(Cl)c2)cn1. The van der Waals surface area contributed by atoms with Gasteiger partial charge in [0.1, 0.15) is 0 Å². The number of aromatic nitrogens is 2. The Morgan fingerprint density at radius 1 is 1.18 bits per heavy atom. The first-order chi connectivity index (χ1) is 10.5. The lowest BCUT2D eigenvalue weighted by molar-refractivity contribution is 0.102. The average Bonchev–Trinajstić information content (AvgIpc) is 2.46. The van der Waals surface area contributed by atoms with Gasteiger partial charge in [0.05, 0.1) is 5.56 Å². The molecule has 0 bridgehead atoms. The van der Waals surface area contributed by atoms with Crippen LogP contribution in [0.5, 0.6) is 0 Å². The van der Waals surface area contributed by atoms with E-state index in [-0.39, 0.29) is 11.9 Å². The number of anilines is 2. The van der Waals surface area contributed by atoms with Crippen molar-refractivity contribution < 1.29 is 4.79 Å². The van der Waals surface area contributed by atoms with Crippen LogP contribution in [0.15, 0.2) is 30.6 Å². The lowest BCUT2D eigenvalue weighted by atomic mass is 10.2. The van der Waals surface area contributed by atoms with Crippen molar-refractivity contribution in [3.8, 4) is 0 Å². The van der Waals surface area contributed by atoms with Gasteiger partial charge in [-0.1, -0.05) is 30.1 Å². The average molecular weight is 339 g/mol. The summed E-state index contributed by atoms with van der Waals surface area (Å²) >= 11 is 11.8. The molecule has 7 heteroatoms. The third kappa shape index (κ3) is 4.58. The van der Waals surface area contributed by atoms with E-state index in [1.807, 2.05) is 6.92 Å². The fraction of sp³-hybridized carbons (Fsp3) is 0.267. The Hall–Kier alpha value is -1.85. The molecule has 2 N–H and O–H groups in total. The van der Waals surface area contributed by atoms with E-state index < -0.39 is 0 Å². The highest BCUT2D eigenvalue weighted by molar-refractivity contribution is 6.35. The van der Waals surface area contributed by atoms with Crippen LogP contribution in [0.4, 0.5) is 11.6 Å². The van der Waals surface area contributed by atoms with Crippen molar-refractivity contribution >= 4 is 40.7 Å². The molecule has 2 aromatic rings. The molecule has 2 rings (SSSR count). The van der Waals surface area contributed by atoms with Crippen molar-refractivity contribution in [1.29, 1.82) is 0 Å². The topological polar surface area (TPSA) is 66.9 Å². The summed E-state index contributed by atoms with van der Waals surface area (Å²) in [5.41, 5.74) is 0.870. The summed E-state index contributed by atoms with van der Waals surface area (Å²) in [6.45, 7) is 4.10. The summed E-state index contributed by atoms with van der Waals surface area (Å²) in [5.74, 6) is 0.171. The van der Waals surface area contributed by atoms with E-state index in [1.165, 1.54) is 12.4 Å². The molecule has 0 spiro atoms. The molecule has 0 saturated heterocycles. The van der Waals surface area contributed by atoms with Crippen molar-refractivity contribution in [2.75, 3.05) is 10.6 Å². The van der Waals surface area contributed by atoms with Crippen LogP contribution >= 0.6 is 23.2 Å². The van der Waals surface area contributed by atoms with Gasteiger partial charge in [0.2, 0.25) is 5.95 Å². The maximum absolute atomic E-state index is 12.1. The molecule has 0 aliphatic heterocycles. The Kier molecular flexibility index (Phi) is 5.57. The van der Waals surface area contributed by atoms with Crippen LogP contribution in [-0.2, 0) is 0 Å². The van der Waals surface area contributed by atoms with Crippen molar-refractivity contribution in [2.45, 2.75) is 26.3 Å². The minimum atomic E-state index is -0.326. The van der Waals surface area contributed by atoms with Crippen molar-refractivity contribution in [1.82, 2.24) is 9.97 Å². The molecule has 1 heterocycles. The summed E-state index contributed by atoms with van der Waals surface area (Å²) < 4.78 is 0. The fourth-order valence-electron chi connectivity index (χ4n) is 1.67. The van der Waals surface area contributed by atoms with Gasteiger partial charge >= 0.3 is 0 Å². The number of hydrogen-bond donors (Lipinski definition) is 2. The minimum absolute atomic E-state index is 0.272. The van der Waals surface area contributed by atoms with Crippen LogP contribution in [0.2, 0.25) is 10.0 Å². The molecule has 1 unspecified atom stereocenters. The lowest BCUT2D eigenvalue weighted by Gasteiger charge is -2.11. The monoisotopic (exact) mass is 338 g/mol. The van der Waals surface area contributed by atoms with Crippen LogP contribution in [0.25, 0.3) is 0 Å². The number of halogens is 2. The summed E-state index contributed by atoms with van der Waals surface area (Å²) in [4.78, 5) is 20.4. The summed E-state index contributed by atoms with van der Waals surface area (Å²) in [7, 11) is 0. The second-order valence-electron chi connectivity index (χ2n) is 4.86. The molecule has 0 saturated carbocycles. The number of amides is 1. The van der Waals surface area contributed by atoms with Crippen LogP contribution in [0.3, 0.4) is 0 Å². The van der Waals surface area contributed by atoms with E-state index in [1.54, 1.807) is 18.2 Å². The molecule has 1 atom stereocenters. The van der Waals surface area contributed by atoms with Crippen molar-refractivity contribution in [3.05, 3.63) is 46.2 Å². The van der Waals surface area contributed by atoms with Crippen LogP contribution in [-0.4, -0.2) is 21.9 Å². The number of nitrogens with zero attached hydrogens (tertiary/aromatic N) is 2. The van der Waals surface area contributed by atoms with Gasteiger partial charge in [-0.15, -0.1) is 0 Å². The Labute approximate surface area is 139 Å². The minimum Gasteiger partial charge on any atom is -0.352 e. The molecule has 1 amide bonds. The van der Waals surface area contributed by atoms with Gasteiger partial charge < -0.3 is 10.6 Å². The molecular weight excluding hydrogens is 323 g/mol. The first-order valence-electron chi connectivity index (χ1n) is 6.84. The van der Waals surface area contributed by atoms with Gasteiger partial charge in [-0.2, -0.15) is 0 Å². The summed E-state index contributed by atoms with van der Waals surface area (Å²) in [6.07, 6.45) is 3.90. The van der Waals surface area contributed by atoms with E-state index in [0.717, 1.165) is 6.42 Å². The molecule has 1 aromatic carbocycles. The third-order valence-corrected chi connectivity index (χ3v) is 3.46. The molecule has 0 fully saturated rings. The molecule has 0 aliphatic rings. The predicted octanol–water partition coefficient (Wildman–Crippen LogP) is 4.25. The van der Waals surface area contributed by atoms with Crippen molar-refractivity contribution in [3.63, 3.8) is 0 Å². The molecular formula is C15H16Cl2N4O. The number of benzene rings is 1. The van der Waals surface area contributed by atoms with Gasteiger partial charge in [0.25, 0.3) is 5.91 Å². The zero-order chi connectivity index (χ0) is 16.1. The van der Waals surface area contributed by atoms with E-state index in [4.69, 9.17) is 23.2 Å². The highest BCUT2D eigenvalue weighted by Gasteiger charge is 2.09. The van der Waals surface area contributed by atoms with Crippen LogP contribution in [0, 0.1) is 0 Å².